The lowest BCUT2D eigenvalue weighted by atomic mass is 9.94. The van der Waals surface area contributed by atoms with Crippen LogP contribution in [0.15, 0.2) is 54.6 Å². The molecule has 0 amide bonds. The molecule has 1 nitrogen and oxygen atoms in total. The van der Waals surface area contributed by atoms with Crippen molar-refractivity contribution in [2.75, 3.05) is 0 Å². The largest absolute Gasteiger partial charge is 0.224 e. The molecule has 1 unspecified atom stereocenters. The molecular formula is C14H14FN. The van der Waals surface area contributed by atoms with Gasteiger partial charge in [0.2, 0.25) is 5.67 Å². The average Bonchev–Trinajstić information content (AvgIpc) is 2.35. The number of benzene rings is 1. The Kier molecular flexibility index (Phi) is 4.47. The minimum atomic E-state index is -1.93. The zero-order valence-corrected chi connectivity index (χ0v) is 9.23. The van der Waals surface area contributed by atoms with Crippen LogP contribution >= 0.6 is 0 Å². The Balaban J connectivity index is 2.84. The maximum absolute atomic E-state index is 14.2. The van der Waals surface area contributed by atoms with Crippen molar-refractivity contribution in [3.8, 4) is 6.07 Å². The van der Waals surface area contributed by atoms with Crippen LogP contribution in [0.4, 0.5) is 4.39 Å². The quantitative estimate of drug-likeness (QED) is 0.699. The van der Waals surface area contributed by atoms with E-state index in [1.54, 1.807) is 48.6 Å². The number of alkyl halides is 1. The number of nitriles is 1. The Morgan fingerprint density at radius 3 is 2.56 bits per heavy atom. The molecule has 0 aliphatic heterocycles. The zero-order chi connectivity index (χ0) is 11.9. The summed E-state index contributed by atoms with van der Waals surface area (Å²) in [5, 5.41) is 8.92. The molecule has 0 aliphatic carbocycles. The molecule has 0 radical (unpaired) electrons. The Morgan fingerprint density at radius 2 is 2.00 bits per heavy atom. The summed E-state index contributed by atoms with van der Waals surface area (Å²) in [7, 11) is 0. The monoisotopic (exact) mass is 215 g/mol. The van der Waals surface area contributed by atoms with Gasteiger partial charge in [-0.3, -0.25) is 0 Å². The van der Waals surface area contributed by atoms with Gasteiger partial charge in [-0.15, -0.1) is 0 Å². The van der Waals surface area contributed by atoms with Crippen LogP contribution in [0.2, 0.25) is 0 Å². The second kappa shape index (κ2) is 5.87. The zero-order valence-electron chi connectivity index (χ0n) is 9.23. The Hall–Kier alpha value is -1.88. The molecule has 1 aromatic carbocycles. The van der Waals surface area contributed by atoms with Gasteiger partial charge in [0.25, 0.3) is 0 Å². The summed E-state index contributed by atoms with van der Waals surface area (Å²) in [6.45, 7) is 1.88. The van der Waals surface area contributed by atoms with Gasteiger partial charge in [-0.25, -0.2) is 4.39 Å². The number of allylic oxidation sites excluding steroid dienone is 4. The van der Waals surface area contributed by atoms with Gasteiger partial charge in [-0.05, 0) is 6.92 Å². The molecule has 0 aliphatic rings. The smallest absolute Gasteiger partial charge is 0.222 e. The van der Waals surface area contributed by atoms with Crippen LogP contribution in [0.3, 0.4) is 0 Å². The summed E-state index contributed by atoms with van der Waals surface area (Å²) in [5.74, 6) is 0. The highest BCUT2D eigenvalue weighted by Crippen LogP contribution is 2.29. The van der Waals surface area contributed by atoms with Gasteiger partial charge in [-0.2, -0.15) is 5.26 Å². The van der Waals surface area contributed by atoms with Gasteiger partial charge in [0.05, 0.1) is 0 Å². The van der Waals surface area contributed by atoms with Crippen LogP contribution in [0.1, 0.15) is 18.9 Å². The second-order valence-corrected chi connectivity index (χ2v) is 3.44. The summed E-state index contributed by atoms with van der Waals surface area (Å²) in [6, 6.07) is 10.3. The summed E-state index contributed by atoms with van der Waals surface area (Å²) < 4.78 is 14.2. The molecule has 0 saturated heterocycles. The van der Waals surface area contributed by atoms with Crippen molar-refractivity contribution in [3.63, 3.8) is 0 Å². The molecule has 1 rings (SSSR count). The third kappa shape index (κ3) is 3.06. The predicted octanol–water partition coefficient (Wildman–Crippen LogP) is 3.90. The van der Waals surface area contributed by atoms with Crippen molar-refractivity contribution in [2.45, 2.75) is 19.0 Å². The minimum absolute atomic E-state index is 0.0673. The first-order chi connectivity index (χ1) is 7.73. The van der Waals surface area contributed by atoms with Gasteiger partial charge in [0.1, 0.15) is 6.07 Å². The maximum Gasteiger partial charge on any atom is 0.224 e. The van der Waals surface area contributed by atoms with Gasteiger partial charge in [-0.1, -0.05) is 54.6 Å². The molecule has 16 heavy (non-hydrogen) atoms. The Bertz CT molecular complexity index is 414. The fourth-order valence-corrected chi connectivity index (χ4v) is 1.35. The van der Waals surface area contributed by atoms with Crippen molar-refractivity contribution < 1.29 is 4.39 Å². The van der Waals surface area contributed by atoms with Crippen LogP contribution in [-0.2, 0) is 5.67 Å². The van der Waals surface area contributed by atoms with E-state index in [0.29, 0.717) is 5.56 Å². The molecule has 0 heterocycles. The number of nitrogens with zero attached hydrogens (tertiary/aromatic N) is 1. The lowest BCUT2D eigenvalue weighted by Crippen LogP contribution is -2.16. The highest BCUT2D eigenvalue weighted by Gasteiger charge is 2.29. The van der Waals surface area contributed by atoms with E-state index in [1.807, 2.05) is 19.1 Å². The first-order valence-corrected chi connectivity index (χ1v) is 5.16. The van der Waals surface area contributed by atoms with Crippen LogP contribution in [0.5, 0.6) is 0 Å². The standard InChI is InChI=1S/C14H14FN/c1-2-3-4-8-11-14(15,12-16)13-9-6-5-7-10-13/h2-10H,11H2,1H3/b3-2+,8-4+. The van der Waals surface area contributed by atoms with E-state index in [-0.39, 0.29) is 6.42 Å². The third-order valence-corrected chi connectivity index (χ3v) is 2.25. The molecule has 0 spiro atoms. The molecule has 2 heteroatoms. The van der Waals surface area contributed by atoms with E-state index in [2.05, 4.69) is 0 Å². The lowest BCUT2D eigenvalue weighted by molar-refractivity contribution is 0.248. The molecule has 0 saturated carbocycles. The molecule has 1 aromatic rings. The Morgan fingerprint density at radius 1 is 1.31 bits per heavy atom. The fraction of sp³-hybridized carbons (Fsp3) is 0.214. The van der Waals surface area contributed by atoms with Crippen LogP contribution in [0.25, 0.3) is 0 Å². The molecule has 1 atom stereocenters. The van der Waals surface area contributed by atoms with Crippen molar-refractivity contribution in [3.05, 3.63) is 60.2 Å². The second-order valence-electron chi connectivity index (χ2n) is 3.44. The SMILES string of the molecule is C/C=C/C=C/CC(F)(C#N)c1ccccc1. The van der Waals surface area contributed by atoms with Crippen molar-refractivity contribution >= 4 is 0 Å². The highest BCUT2D eigenvalue weighted by atomic mass is 19.1. The third-order valence-electron chi connectivity index (χ3n) is 2.25. The molecule has 0 N–H and O–H groups in total. The van der Waals surface area contributed by atoms with Gasteiger partial charge in [0, 0.05) is 12.0 Å². The van der Waals surface area contributed by atoms with E-state index in [0.717, 1.165) is 0 Å². The minimum Gasteiger partial charge on any atom is -0.222 e. The van der Waals surface area contributed by atoms with Gasteiger partial charge in [0.15, 0.2) is 0 Å². The summed E-state index contributed by atoms with van der Waals surface area (Å²) >= 11 is 0. The Labute approximate surface area is 95.5 Å². The van der Waals surface area contributed by atoms with E-state index in [9.17, 15) is 4.39 Å². The van der Waals surface area contributed by atoms with Crippen LogP contribution in [0, 0.1) is 11.3 Å². The molecule has 0 aromatic heterocycles. The summed E-state index contributed by atoms with van der Waals surface area (Å²) in [6.07, 6.45) is 7.14. The van der Waals surface area contributed by atoms with Crippen LogP contribution < -0.4 is 0 Å². The van der Waals surface area contributed by atoms with E-state index < -0.39 is 5.67 Å². The predicted molar refractivity (Wildman–Crippen MR) is 63.4 cm³/mol. The highest BCUT2D eigenvalue weighted by molar-refractivity contribution is 5.29. The average molecular weight is 215 g/mol. The van der Waals surface area contributed by atoms with E-state index in [1.165, 1.54) is 0 Å². The molecular weight excluding hydrogens is 201 g/mol. The normalized spacial score (nSPS) is 15.1. The van der Waals surface area contributed by atoms with Crippen LogP contribution in [-0.4, -0.2) is 0 Å². The fourth-order valence-electron chi connectivity index (χ4n) is 1.35. The lowest BCUT2D eigenvalue weighted by Gasteiger charge is -2.15. The first kappa shape index (κ1) is 12.2. The number of rotatable bonds is 4. The number of hydrogen-bond donors (Lipinski definition) is 0. The first-order valence-electron chi connectivity index (χ1n) is 5.16. The topological polar surface area (TPSA) is 23.8 Å². The number of hydrogen-bond acceptors (Lipinski definition) is 1. The van der Waals surface area contributed by atoms with Gasteiger partial charge < -0.3 is 0 Å². The molecule has 0 fully saturated rings. The van der Waals surface area contributed by atoms with Crippen molar-refractivity contribution in [1.29, 1.82) is 5.26 Å². The van der Waals surface area contributed by atoms with E-state index in [4.69, 9.17) is 5.26 Å². The summed E-state index contributed by atoms with van der Waals surface area (Å²) in [4.78, 5) is 0. The molecule has 82 valence electrons. The van der Waals surface area contributed by atoms with Crippen molar-refractivity contribution in [1.82, 2.24) is 0 Å². The number of halogens is 1. The van der Waals surface area contributed by atoms with Gasteiger partial charge >= 0.3 is 0 Å². The maximum atomic E-state index is 14.2. The molecule has 0 bridgehead atoms. The summed E-state index contributed by atoms with van der Waals surface area (Å²) in [5.41, 5.74) is -1.53. The van der Waals surface area contributed by atoms with E-state index >= 15 is 0 Å². The van der Waals surface area contributed by atoms with Crippen molar-refractivity contribution in [2.24, 2.45) is 0 Å².